The van der Waals surface area contributed by atoms with Gasteiger partial charge in [0.2, 0.25) is 5.91 Å². The third-order valence-electron chi connectivity index (χ3n) is 5.21. The maximum atomic E-state index is 12.5. The molecule has 1 atom stereocenters. The van der Waals surface area contributed by atoms with Crippen LogP contribution < -0.4 is 4.74 Å². The summed E-state index contributed by atoms with van der Waals surface area (Å²) in [4.78, 5) is 35.0. The fraction of sp³-hybridized carbons (Fsp3) is 0.381. The monoisotopic (exact) mass is 413 g/mol. The van der Waals surface area contributed by atoms with Gasteiger partial charge in [0, 0.05) is 19.0 Å². The number of hydrogen-bond donors (Lipinski definition) is 0. The second-order valence-electron chi connectivity index (χ2n) is 7.38. The minimum Gasteiger partial charge on any atom is -0.457 e. The van der Waals surface area contributed by atoms with Crippen molar-refractivity contribution >= 4 is 17.3 Å². The Balaban J connectivity index is 1.63. The van der Waals surface area contributed by atoms with Crippen molar-refractivity contribution in [3.05, 3.63) is 68.3 Å². The maximum absolute atomic E-state index is 12.5. The van der Waals surface area contributed by atoms with E-state index in [9.17, 15) is 25.0 Å². The quantitative estimate of drug-likeness (QED) is 0.483. The Hall–Kier alpha value is -3.49. The number of amides is 1. The minimum absolute atomic E-state index is 0.0120. The number of ether oxygens (including phenoxy) is 1. The van der Waals surface area contributed by atoms with Gasteiger partial charge in [0.25, 0.3) is 11.4 Å². The second kappa shape index (κ2) is 9.34. The van der Waals surface area contributed by atoms with Gasteiger partial charge in [0.15, 0.2) is 0 Å². The molecular formula is C21H23N3O6. The lowest BCUT2D eigenvalue weighted by molar-refractivity contribution is -0.394. The molecule has 1 saturated heterocycles. The van der Waals surface area contributed by atoms with Crippen LogP contribution >= 0.6 is 0 Å². The van der Waals surface area contributed by atoms with Crippen molar-refractivity contribution in [1.29, 1.82) is 0 Å². The van der Waals surface area contributed by atoms with Crippen molar-refractivity contribution in [3.63, 3.8) is 0 Å². The van der Waals surface area contributed by atoms with E-state index in [1.54, 1.807) is 12.1 Å². The molecule has 0 saturated carbocycles. The molecule has 2 aromatic carbocycles. The zero-order chi connectivity index (χ0) is 21.7. The highest BCUT2D eigenvalue weighted by Gasteiger charge is 2.22. The number of carbonyl (C=O) groups is 1. The molecule has 1 aliphatic heterocycles. The first-order valence-electron chi connectivity index (χ1n) is 9.83. The molecule has 3 rings (SSSR count). The molecule has 0 radical (unpaired) electrons. The first-order chi connectivity index (χ1) is 14.3. The van der Waals surface area contributed by atoms with Gasteiger partial charge in [0.05, 0.1) is 28.0 Å². The van der Waals surface area contributed by atoms with Gasteiger partial charge in [-0.05, 0) is 50.3 Å². The van der Waals surface area contributed by atoms with E-state index in [0.29, 0.717) is 24.6 Å². The molecule has 1 fully saturated rings. The fourth-order valence-corrected chi connectivity index (χ4v) is 3.56. The number of hydrogen-bond acceptors (Lipinski definition) is 6. The van der Waals surface area contributed by atoms with Crippen molar-refractivity contribution in [2.75, 3.05) is 6.54 Å². The van der Waals surface area contributed by atoms with Crippen LogP contribution in [0.15, 0.2) is 42.5 Å². The lowest BCUT2D eigenvalue weighted by Crippen LogP contribution is -2.42. The van der Waals surface area contributed by atoms with Gasteiger partial charge in [-0.3, -0.25) is 25.0 Å². The SMILES string of the molecule is C[C@H]1CCCCN1C(=O)CCc1ccc(Oc2cc([N+](=O)[O-])cc([N+](=O)[O-])c2)cc1. The molecule has 9 heteroatoms. The summed E-state index contributed by atoms with van der Waals surface area (Å²) < 4.78 is 5.57. The largest absolute Gasteiger partial charge is 0.457 e. The predicted octanol–water partition coefficient (Wildman–Crippen LogP) is 4.63. The zero-order valence-electron chi connectivity index (χ0n) is 16.7. The summed E-state index contributed by atoms with van der Waals surface area (Å²) in [5, 5.41) is 22.0. The highest BCUT2D eigenvalue weighted by Crippen LogP contribution is 2.31. The molecule has 2 aromatic rings. The van der Waals surface area contributed by atoms with Crippen LogP contribution in [0.4, 0.5) is 11.4 Å². The lowest BCUT2D eigenvalue weighted by Gasteiger charge is -2.33. The zero-order valence-corrected chi connectivity index (χ0v) is 16.7. The molecule has 1 aliphatic rings. The number of rotatable bonds is 7. The van der Waals surface area contributed by atoms with Crippen LogP contribution in [0, 0.1) is 20.2 Å². The number of nitro benzene ring substituents is 2. The Morgan fingerprint density at radius 2 is 1.67 bits per heavy atom. The molecule has 0 aliphatic carbocycles. The standard InChI is InChI=1S/C21H23N3O6/c1-15-4-2-3-11-22(15)21(25)10-7-16-5-8-19(9-6-16)30-20-13-17(23(26)27)12-18(14-20)24(28)29/h5-6,8-9,12-15H,2-4,7,10-11H2,1H3/t15-/m0/s1. The van der Waals surface area contributed by atoms with Crippen molar-refractivity contribution in [2.24, 2.45) is 0 Å². The number of benzene rings is 2. The van der Waals surface area contributed by atoms with E-state index < -0.39 is 21.2 Å². The first kappa shape index (κ1) is 21.2. The molecule has 0 N–H and O–H groups in total. The number of nitro groups is 2. The van der Waals surface area contributed by atoms with Crippen LogP contribution in [0.3, 0.4) is 0 Å². The smallest absolute Gasteiger partial charge is 0.280 e. The number of carbonyl (C=O) groups excluding carboxylic acids is 1. The van der Waals surface area contributed by atoms with E-state index in [0.717, 1.165) is 43.1 Å². The van der Waals surface area contributed by atoms with E-state index in [4.69, 9.17) is 4.74 Å². The number of piperidine rings is 1. The molecule has 0 aromatic heterocycles. The lowest BCUT2D eigenvalue weighted by atomic mass is 10.0. The van der Waals surface area contributed by atoms with Crippen LogP contribution in [0.2, 0.25) is 0 Å². The summed E-state index contributed by atoms with van der Waals surface area (Å²) in [5.41, 5.74) is 0.132. The van der Waals surface area contributed by atoms with Gasteiger partial charge < -0.3 is 9.64 Å². The molecule has 0 unspecified atom stereocenters. The third kappa shape index (κ3) is 5.31. The van der Waals surface area contributed by atoms with Crippen LogP contribution in [0.1, 0.15) is 38.2 Å². The van der Waals surface area contributed by atoms with E-state index >= 15 is 0 Å². The normalized spacial score (nSPS) is 16.2. The molecule has 158 valence electrons. The number of aryl methyl sites for hydroxylation is 1. The Labute approximate surface area is 173 Å². The Morgan fingerprint density at radius 3 is 2.23 bits per heavy atom. The summed E-state index contributed by atoms with van der Waals surface area (Å²) in [6.45, 7) is 2.91. The van der Waals surface area contributed by atoms with Gasteiger partial charge in [-0.2, -0.15) is 0 Å². The van der Waals surface area contributed by atoms with E-state index in [2.05, 4.69) is 6.92 Å². The first-order valence-corrected chi connectivity index (χ1v) is 9.83. The fourth-order valence-electron chi connectivity index (χ4n) is 3.56. The highest BCUT2D eigenvalue weighted by atomic mass is 16.6. The van der Waals surface area contributed by atoms with Crippen molar-refractivity contribution in [2.45, 2.75) is 45.1 Å². The van der Waals surface area contributed by atoms with Crippen molar-refractivity contribution in [1.82, 2.24) is 4.90 Å². The van der Waals surface area contributed by atoms with Crippen LogP contribution in [0.25, 0.3) is 0 Å². The van der Waals surface area contributed by atoms with Gasteiger partial charge >= 0.3 is 0 Å². The van der Waals surface area contributed by atoms with Crippen LogP contribution in [-0.4, -0.2) is 33.2 Å². The molecule has 1 heterocycles. The van der Waals surface area contributed by atoms with Gasteiger partial charge in [-0.15, -0.1) is 0 Å². The van der Waals surface area contributed by atoms with Gasteiger partial charge in [0.1, 0.15) is 11.5 Å². The Bertz CT molecular complexity index is 912. The number of nitrogens with zero attached hydrogens (tertiary/aromatic N) is 3. The van der Waals surface area contributed by atoms with Gasteiger partial charge in [-0.25, -0.2) is 0 Å². The predicted molar refractivity (Wildman–Crippen MR) is 110 cm³/mol. The number of non-ortho nitro benzene ring substituents is 2. The summed E-state index contributed by atoms with van der Waals surface area (Å²) in [7, 11) is 0. The van der Waals surface area contributed by atoms with Crippen LogP contribution in [0.5, 0.6) is 11.5 Å². The average molecular weight is 413 g/mol. The van der Waals surface area contributed by atoms with E-state index in [1.807, 2.05) is 17.0 Å². The van der Waals surface area contributed by atoms with Crippen molar-refractivity contribution in [3.8, 4) is 11.5 Å². The summed E-state index contributed by atoms with van der Waals surface area (Å²) in [6, 6.07) is 10.4. The van der Waals surface area contributed by atoms with Crippen LogP contribution in [-0.2, 0) is 11.2 Å². The molecule has 0 bridgehead atoms. The minimum atomic E-state index is -0.705. The molecule has 0 spiro atoms. The topological polar surface area (TPSA) is 116 Å². The summed E-state index contributed by atoms with van der Waals surface area (Å²) in [6.07, 6.45) is 4.30. The molecular weight excluding hydrogens is 390 g/mol. The average Bonchev–Trinajstić information content (AvgIpc) is 2.73. The Kier molecular flexibility index (Phi) is 6.61. The number of likely N-dealkylation sites (tertiary alicyclic amines) is 1. The molecule has 1 amide bonds. The van der Waals surface area contributed by atoms with E-state index in [1.165, 1.54) is 6.42 Å². The summed E-state index contributed by atoms with van der Waals surface area (Å²) >= 11 is 0. The Morgan fingerprint density at radius 1 is 1.03 bits per heavy atom. The van der Waals surface area contributed by atoms with Gasteiger partial charge in [-0.1, -0.05) is 12.1 Å². The highest BCUT2D eigenvalue weighted by molar-refractivity contribution is 5.76. The second-order valence-corrected chi connectivity index (χ2v) is 7.38. The molecule has 30 heavy (non-hydrogen) atoms. The summed E-state index contributed by atoms with van der Waals surface area (Å²) in [5.74, 6) is 0.564. The molecule has 9 nitrogen and oxygen atoms in total. The van der Waals surface area contributed by atoms with Crippen molar-refractivity contribution < 1.29 is 19.4 Å². The third-order valence-corrected chi connectivity index (χ3v) is 5.21. The maximum Gasteiger partial charge on any atom is 0.280 e. The van der Waals surface area contributed by atoms with E-state index in [-0.39, 0.29) is 11.7 Å².